The average Bonchev–Trinajstić information content (AvgIpc) is 2.18. The normalized spacial score (nSPS) is 27.5. The highest BCUT2D eigenvalue weighted by Gasteiger charge is 2.24. The third kappa shape index (κ3) is 3.25. The second-order valence-corrected chi connectivity index (χ2v) is 4.83. The van der Waals surface area contributed by atoms with Gasteiger partial charge in [0.05, 0.1) is 0 Å². The Balaban J connectivity index is 2.43. The molecular formula is C11H22BrN. The SMILES string of the molecule is CCCC(C)N1CCCCC1CBr. The van der Waals surface area contributed by atoms with Crippen molar-refractivity contribution in [3.63, 3.8) is 0 Å². The van der Waals surface area contributed by atoms with Gasteiger partial charge in [-0.05, 0) is 32.7 Å². The van der Waals surface area contributed by atoms with Gasteiger partial charge in [-0.3, -0.25) is 4.90 Å². The largest absolute Gasteiger partial charge is 0.297 e. The quantitative estimate of drug-likeness (QED) is 0.689. The number of alkyl halides is 1. The monoisotopic (exact) mass is 247 g/mol. The van der Waals surface area contributed by atoms with Gasteiger partial charge in [0.2, 0.25) is 0 Å². The second kappa shape index (κ2) is 6.02. The average molecular weight is 248 g/mol. The summed E-state index contributed by atoms with van der Waals surface area (Å²) in [6.07, 6.45) is 6.87. The molecular weight excluding hydrogens is 226 g/mol. The van der Waals surface area contributed by atoms with Gasteiger partial charge in [0, 0.05) is 17.4 Å². The van der Waals surface area contributed by atoms with Crippen LogP contribution in [0.15, 0.2) is 0 Å². The third-order valence-corrected chi connectivity index (χ3v) is 3.87. The lowest BCUT2D eigenvalue weighted by molar-refractivity contribution is 0.112. The van der Waals surface area contributed by atoms with Crippen molar-refractivity contribution in [3.05, 3.63) is 0 Å². The van der Waals surface area contributed by atoms with E-state index in [1.54, 1.807) is 0 Å². The van der Waals surface area contributed by atoms with Crippen LogP contribution >= 0.6 is 15.9 Å². The molecule has 0 aromatic carbocycles. The molecule has 0 saturated carbocycles. The molecule has 13 heavy (non-hydrogen) atoms. The molecule has 1 aliphatic rings. The Hall–Kier alpha value is 0.440. The summed E-state index contributed by atoms with van der Waals surface area (Å²) in [7, 11) is 0. The van der Waals surface area contributed by atoms with Gasteiger partial charge in [0.25, 0.3) is 0 Å². The molecule has 1 nitrogen and oxygen atoms in total. The molecule has 0 radical (unpaired) electrons. The number of nitrogens with zero attached hydrogens (tertiary/aromatic N) is 1. The van der Waals surface area contributed by atoms with Crippen molar-refractivity contribution >= 4 is 15.9 Å². The minimum atomic E-state index is 0.785. The molecule has 2 heteroatoms. The minimum absolute atomic E-state index is 0.785. The van der Waals surface area contributed by atoms with E-state index in [-0.39, 0.29) is 0 Å². The molecule has 2 atom stereocenters. The maximum atomic E-state index is 3.63. The maximum absolute atomic E-state index is 3.63. The topological polar surface area (TPSA) is 3.24 Å². The third-order valence-electron chi connectivity index (χ3n) is 3.12. The summed E-state index contributed by atoms with van der Waals surface area (Å²) in [6, 6.07) is 1.59. The fourth-order valence-corrected chi connectivity index (χ4v) is 3.05. The standard InChI is InChI=1S/C11H22BrN/c1-3-6-10(2)13-8-5-4-7-11(13)9-12/h10-11H,3-9H2,1-2H3. The Labute approximate surface area is 91.0 Å². The number of likely N-dealkylation sites (tertiary alicyclic amines) is 1. The van der Waals surface area contributed by atoms with E-state index in [0.717, 1.165) is 17.4 Å². The highest BCUT2D eigenvalue weighted by atomic mass is 79.9. The van der Waals surface area contributed by atoms with Gasteiger partial charge in [-0.25, -0.2) is 0 Å². The van der Waals surface area contributed by atoms with Gasteiger partial charge < -0.3 is 0 Å². The molecule has 0 spiro atoms. The number of piperidine rings is 1. The van der Waals surface area contributed by atoms with Gasteiger partial charge in [-0.1, -0.05) is 35.7 Å². The van der Waals surface area contributed by atoms with Crippen LogP contribution in [0.1, 0.15) is 46.0 Å². The van der Waals surface area contributed by atoms with Crippen LogP contribution in [0.25, 0.3) is 0 Å². The number of hydrogen-bond acceptors (Lipinski definition) is 1. The lowest BCUT2D eigenvalue weighted by Gasteiger charge is -2.39. The van der Waals surface area contributed by atoms with E-state index in [0.29, 0.717) is 0 Å². The van der Waals surface area contributed by atoms with Crippen LogP contribution < -0.4 is 0 Å². The lowest BCUT2D eigenvalue weighted by Crippen LogP contribution is -2.45. The molecule has 78 valence electrons. The highest BCUT2D eigenvalue weighted by molar-refractivity contribution is 9.09. The van der Waals surface area contributed by atoms with E-state index >= 15 is 0 Å². The summed E-state index contributed by atoms with van der Waals surface area (Å²) < 4.78 is 0. The van der Waals surface area contributed by atoms with E-state index in [1.807, 2.05) is 0 Å². The van der Waals surface area contributed by atoms with Crippen LogP contribution in [-0.2, 0) is 0 Å². The molecule has 0 N–H and O–H groups in total. The predicted molar refractivity (Wildman–Crippen MR) is 62.5 cm³/mol. The summed E-state index contributed by atoms with van der Waals surface area (Å²) in [5.41, 5.74) is 0. The van der Waals surface area contributed by atoms with E-state index < -0.39 is 0 Å². The molecule has 1 fully saturated rings. The van der Waals surface area contributed by atoms with E-state index in [4.69, 9.17) is 0 Å². The van der Waals surface area contributed by atoms with Gasteiger partial charge in [0.1, 0.15) is 0 Å². The van der Waals surface area contributed by atoms with Crippen LogP contribution in [0, 0.1) is 0 Å². The van der Waals surface area contributed by atoms with E-state index in [9.17, 15) is 0 Å². The molecule has 1 saturated heterocycles. The van der Waals surface area contributed by atoms with E-state index in [2.05, 4.69) is 34.7 Å². The molecule has 0 aromatic heterocycles. The molecule has 0 bridgehead atoms. The number of rotatable bonds is 4. The lowest BCUT2D eigenvalue weighted by atomic mass is 10.00. The molecule has 0 amide bonds. The van der Waals surface area contributed by atoms with Crippen molar-refractivity contribution in [2.24, 2.45) is 0 Å². The molecule has 0 aromatic rings. The Morgan fingerprint density at radius 1 is 1.46 bits per heavy atom. The van der Waals surface area contributed by atoms with Crippen molar-refractivity contribution in [2.75, 3.05) is 11.9 Å². The van der Waals surface area contributed by atoms with Crippen LogP contribution in [0.3, 0.4) is 0 Å². The van der Waals surface area contributed by atoms with Crippen LogP contribution in [0.5, 0.6) is 0 Å². The Morgan fingerprint density at radius 2 is 2.23 bits per heavy atom. The van der Waals surface area contributed by atoms with Gasteiger partial charge >= 0.3 is 0 Å². The number of hydrogen-bond donors (Lipinski definition) is 0. The van der Waals surface area contributed by atoms with Gasteiger partial charge in [-0.15, -0.1) is 0 Å². The zero-order chi connectivity index (χ0) is 9.68. The minimum Gasteiger partial charge on any atom is -0.297 e. The number of halogens is 1. The zero-order valence-corrected chi connectivity index (χ0v) is 10.5. The van der Waals surface area contributed by atoms with Crippen LogP contribution in [0.2, 0.25) is 0 Å². The molecule has 2 unspecified atom stereocenters. The fraction of sp³-hybridized carbons (Fsp3) is 1.00. The first-order valence-electron chi connectivity index (χ1n) is 5.61. The fourth-order valence-electron chi connectivity index (χ4n) is 2.35. The first-order valence-corrected chi connectivity index (χ1v) is 6.73. The first-order chi connectivity index (χ1) is 6.29. The van der Waals surface area contributed by atoms with Crippen molar-refractivity contribution in [3.8, 4) is 0 Å². The Kier molecular flexibility index (Phi) is 5.34. The zero-order valence-electron chi connectivity index (χ0n) is 8.93. The Bertz CT molecular complexity index is 138. The summed E-state index contributed by atoms with van der Waals surface area (Å²) in [6.45, 7) is 5.98. The van der Waals surface area contributed by atoms with Gasteiger partial charge in [-0.2, -0.15) is 0 Å². The molecule has 1 heterocycles. The molecule has 0 aliphatic carbocycles. The van der Waals surface area contributed by atoms with Crippen molar-refractivity contribution in [1.82, 2.24) is 4.90 Å². The Morgan fingerprint density at radius 3 is 2.85 bits per heavy atom. The summed E-state index contributed by atoms with van der Waals surface area (Å²) >= 11 is 3.63. The van der Waals surface area contributed by atoms with Crippen molar-refractivity contribution in [1.29, 1.82) is 0 Å². The van der Waals surface area contributed by atoms with Crippen molar-refractivity contribution in [2.45, 2.75) is 58.0 Å². The van der Waals surface area contributed by atoms with Gasteiger partial charge in [0.15, 0.2) is 0 Å². The summed E-state index contributed by atoms with van der Waals surface area (Å²) in [5, 5.41) is 1.15. The first kappa shape index (κ1) is 11.5. The second-order valence-electron chi connectivity index (χ2n) is 4.18. The maximum Gasteiger partial charge on any atom is 0.0195 e. The molecule has 1 rings (SSSR count). The highest BCUT2D eigenvalue weighted by Crippen LogP contribution is 2.22. The van der Waals surface area contributed by atoms with Crippen LogP contribution in [0.4, 0.5) is 0 Å². The summed E-state index contributed by atoms with van der Waals surface area (Å²) in [4.78, 5) is 2.70. The smallest absolute Gasteiger partial charge is 0.0195 e. The van der Waals surface area contributed by atoms with E-state index in [1.165, 1.54) is 38.6 Å². The predicted octanol–water partition coefficient (Wildman–Crippen LogP) is 3.42. The van der Waals surface area contributed by atoms with Crippen molar-refractivity contribution < 1.29 is 0 Å². The summed E-state index contributed by atoms with van der Waals surface area (Å²) in [5.74, 6) is 0. The van der Waals surface area contributed by atoms with Crippen LogP contribution in [-0.4, -0.2) is 28.9 Å². The molecule has 1 aliphatic heterocycles.